The molecule has 0 N–H and O–H groups in total. The second-order valence-electron chi connectivity index (χ2n) is 11.5. The summed E-state index contributed by atoms with van der Waals surface area (Å²) in [5, 5.41) is 1.15. The third-order valence-electron chi connectivity index (χ3n) is 9.13. The van der Waals surface area contributed by atoms with Crippen molar-refractivity contribution in [2.75, 3.05) is 0 Å². The van der Waals surface area contributed by atoms with Gasteiger partial charge in [0.15, 0.2) is 0 Å². The molecule has 0 radical (unpaired) electrons. The number of pyridine rings is 1. The third kappa shape index (κ3) is 3.70. The van der Waals surface area contributed by atoms with Gasteiger partial charge in [0, 0.05) is 0 Å². The van der Waals surface area contributed by atoms with E-state index < -0.39 is 21.5 Å². The van der Waals surface area contributed by atoms with Crippen molar-refractivity contribution in [2.24, 2.45) is 0 Å². The maximum absolute atomic E-state index is 8.27. The first-order valence-electron chi connectivity index (χ1n) is 13.7. The minimum atomic E-state index is -4.68. The van der Waals surface area contributed by atoms with E-state index in [0.29, 0.717) is 0 Å². The van der Waals surface area contributed by atoms with Crippen LogP contribution in [0.4, 0.5) is 0 Å². The first-order chi connectivity index (χ1) is 18.8. The van der Waals surface area contributed by atoms with Crippen LogP contribution in [0.15, 0.2) is 103 Å². The Labute approximate surface area is 239 Å². The van der Waals surface area contributed by atoms with Crippen LogP contribution >= 0.6 is 17.0 Å². The van der Waals surface area contributed by atoms with Crippen molar-refractivity contribution >= 4 is 43.2 Å². The molecule has 0 fully saturated rings. The van der Waals surface area contributed by atoms with Gasteiger partial charge in [-0.25, -0.2) is 0 Å². The van der Waals surface area contributed by atoms with Crippen molar-refractivity contribution in [3.63, 3.8) is 0 Å². The van der Waals surface area contributed by atoms with Crippen LogP contribution in [0.25, 0.3) is 39.2 Å². The number of nitrogens with zero attached hydrogens (tertiary/aromatic N) is 1. The Morgan fingerprint density at radius 1 is 0.821 bits per heavy atom. The number of benzene rings is 4. The van der Waals surface area contributed by atoms with Gasteiger partial charge >= 0.3 is 241 Å². The molecule has 0 saturated heterocycles. The number of halogens is 2. The zero-order chi connectivity index (χ0) is 27.0. The molecule has 1 nitrogen and oxygen atoms in total. The van der Waals surface area contributed by atoms with E-state index in [-0.39, 0.29) is 3.63 Å². The number of hydrogen-bond donors (Lipinski definition) is 0. The molecule has 5 heteroatoms. The van der Waals surface area contributed by atoms with Gasteiger partial charge in [-0.1, -0.05) is 0 Å². The number of hydrogen-bond acceptors (Lipinski definition) is 1. The predicted molar refractivity (Wildman–Crippen MR) is 168 cm³/mol. The average molecular weight is 643 g/mol. The number of allylic oxidation sites excluding steroid dienone is 1. The van der Waals surface area contributed by atoms with Gasteiger partial charge in [0.25, 0.3) is 0 Å². The number of rotatable bonds is 4. The summed E-state index contributed by atoms with van der Waals surface area (Å²) >= 11 is -4.68. The van der Waals surface area contributed by atoms with Gasteiger partial charge in [0.05, 0.1) is 0 Å². The molecule has 2 aliphatic carbocycles. The topological polar surface area (TPSA) is 12.9 Å². The summed E-state index contributed by atoms with van der Waals surface area (Å²) in [5.74, 6) is -1.56. The molecule has 0 bridgehead atoms. The Bertz CT molecular complexity index is 1840. The molecule has 0 amide bonds. The second-order valence-corrected chi connectivity index (χ2v) is 53.0. The summed E-state index contributed by atoms with van der Waals surface area (Å²) in [6.45, 7) is 7.02. The predicted octanol–water partition coefficient (Wildman–Crippen LogP) is 9.24. The minimum absolute atomic E-state index is 0.0695. The van der Waals surface area contributed by atoms with Crippen LogP contribution in [0.1, 0.15) is 32.8 Å². The fourth-order valence-electron chi connectivity index (χ4n) is 7.13. The standard InChI is InChI=1S/C19H14N.C13H9.C2H7Si.2ClH.Zr/c1-13-9-14-6-4-7-17(18(14)10-13)16-11-15-5-2-3-8-19(15)20-12-16;1-3-7-12-10(5-1)9-11-6-2-4-8-13(11)12;1-3-2;;;/h2-12H,1H3;1-5,7-8H,9H2;3H,1-2H3;2*1H;/q;;;;;+2/p-2. The van der Waals surface area contributed by atoms with Crippen LogP contribution < -0.4 is 3.27 Å². The van der Waals surface area contributed by atoms with Gasteiger partial charge in [0.1, 0.15) is 0 Å². The molecule has 1 atom stereocenters. The summed E-state index contributed by atoms with van der Waals surface area (Å²) in [6, 6.07) is 32.7. The van der Waals surface area contributed by atoms with Crippen molar-refractivity contribution < 1.29 is 15.6 Å². The molecule has 0 spiro atoms. The fraction of sp³-hybridized carbons (Fsp3) is 0.147. The Morgan fingerprint density at radius 3 is 2.38 bits per heavy atom. The van der Waals surface area contributed by atoms with Gasteiger partial charge in [-0.3, -0.25) is 0 Å². The van der Waals surface area contributed by atoms with Crippen molar-refractivity contribution in [3.05, 3.63) is 125 Å². The van der Waals surface area contributed by atoms with Crippen LogP contribution in [-0.2, 0) is 22.0 Å². The van der Waals surface area contributed by atoms with Crippen LogP contribution in [-0.4, -0.2) is 10.9 Å². The van der Waals surface area contributed by atoms with Gasteiger partial charge in [-0.2, -0.15) is 0 Å². The monoisotopic (exact) mass is 640 g/mol. The first-order valence-corrected chi connectivity index (χ1v) is 29.8. The molecule has 0 aliphatic heterocycles. The summed E-state index contributed by atoms with van der Waals surface area (Å²) in [5.41, 5.74) is 12.6. The van der Waals surface area contributed by atoms with E-state index in [2.05, 4.69) is 111 Å². The average Bonchev–Trinajstić information content (AvgIpc) is 3.50. The van der Waals surface area contributed by atoms with E-state index in [1.54, 1.807) is 0 Å². The molecule has 1 unspecified atom stereocenters. The summed E-state index contributed by atoms with van der Waals surface area (Å²) in [4.78, 5) is 4.77. The first kappa shape index (κ1) is 25.7. The normalized spacial score (nSPS) is 16.9. The van der Waals surface area contributed by atoms with E-state index in [1.807, 2.05) is 12.3 Å². The van der Waals surface area contributed by atoms with E-state index in [1.165, 1.54) is 47.8 Å². The molecule has 5 aromatic rings. The number of para-hydroxylation sites is 1. The van der Waals surface area contributed by atoms with Crippen LogP contribution in [0, 0.1) is 0 Å². The molecule has 193 valence electrons. The van der Waals surface area contributed by atoms with Crippen LogP contribution in [0.2, 0.25) is 13.1 Å². The maximum atomic E-state index is 8.27. The molecule has 1 heterocycles. The SMILES string of the molecule is CC1=Cc2c(-c3cnc4ccccc4c3)cccc2[CH]1[Zr]([Cl])([Cl])([c]1cccc2c1Cc1ccccc1-2)[SiH](C)C. The van der Waals surface area contributed by atoms with Gasteiger partial charge in [0.2, 0.25) is 0 Å². The van der Waals surface area contributed by atoms with E-state index in [9.17, 15) is 0 Å². The molecule has 2 aliphatic rings. The molecular weight excluding hydrogens is 613 g/mol. The van der Waals surface area contributed by atoms with Crippen molar-refractivity contribution in [1.29, 1.82) is 0 Å². The zero-order valence-corrected chi connectivity index (χ0v) is 27.5. The molecule has 1 aromatic heterocycles. The third-order valence-corrected chi connectivity index (χ3v) is 59.3. The van der Waals surface area contributed by atoms with Gasteiger partial charge < -0.3 is 0 Å². The number of aromatic nitrogens is 1. The van der Waals surface area contributed by atoms with E-state index in [0.717, 1.165) is 22.9 Å². The van der Waals surface area contributed by atoms with Crippen molar-refractivity contribution in [2.45, 2.75) is 30.1 Å². The molecular formula is C34H30Cl2NSiZr. The summed E-state index contributed by atoms with van der Waals surface area (Å²) in [7, 11) is 16.5. The Kier molecular flexibility index (Phi) is 6.00. The van der Waals surface area contributed by atoms with Crippen molar-refractivity contribution in [3.8, 4) is 22.3 Å². The second kappa shape index (κ2) is 9.11. The van der Waals surface area contributed by atoms with Crippen LogP contribution in [0.5, 0.6) is 0 Å². The molecule has 7 rings (SSSR count). The van der Waals surface area contributed by atoms with Crippen molar-refractivity contribution in [1.82, 2.24) is 4.98 Å². The fourth-order valence-corrected chi connectivity index (χ4v) is 35.7. The Morgan fingerprint density at radius 2 is 1.54 bits per heavy atom. The Hall–Kier alpha value is -2.29. The number of fused-ring (bicyclic) bond motifs is 5. The van der Waals surface area contributed by atoms with Gasteiger partial charge in [-0.05, 0) is 0 Å². The zero-order valence-electron chi connectivity index (χ0n) is 22.4. The van der Waals surface area contributed by atoms with Gasteiger partial charge in [-0.15, -0.1) is 0 Å². The van der Waals surface area contributed by atoms with E-state index in [4.69, 9.17) is 22.0 Å². The summed E-state index contributed by atoms with van der Waals surface area (Å²) in [6.07, 6.45) is 5.27. The molecule has 39 heavy (non-hydrogen) atoms. The van der Waals surface area contributed by atoms with E-state index >= 15 is 0 Å². The molecule has 0 saturated carbocycles. The summed E-state index contributed by atoms with van der Waals surface area (Å²) < 4.78 is 1.36. The Balaban J connectivity index is 1.43. The van der Waals surface area contributed by atoms with Crippen LogP contribution in [0.3, 0.4) is 0 Å². The molecule has 4 aromatic carbocycles. The quantitative estimate of drug-likeness (QED) is 0.175.